The van der Waals surface area contributed by atoms with Gasteiger partial charge in [0.15, 0.2) is 0 Å². The summed E-state index contributed by atoms with van der Waals surface area (Å²) in [4.78, 5) is 0. The quantitative estimate of drug-likeness (QED) is 0.675. The molecule has 0 aromatic carbocycles. The van der Waals surface area contributed by atoms with Gasteiger partial charge in [0.1, 0.15) is 0 Å². The Balaban J connectivity index is 2.29. The maximum Gasteiger partial charge on any atom is 0.0623 e. The second-order valence-corrected chi connectivity index (χ2v) is 4.19. The summed E-state index contributed by atoms with van der Waals surface area (Å²) in [6, 6.07) is 0.531. The zero-order valence-electron chi connectivity index (χ0n) is 8.97. The molecule has 1 aliphatic heterocycles. The fourth-order valence-corrected chi connectivity index (χ4v) is 1.78. The second kappa shape index (κ2) is 5.40. The van der Waals surface area contributed by atoms with Gasteiger partial charge in [-0.3, -0.25) is 0 Å². The van der Waals surface area contributed by atoms with Crippen molar-refractivity contribution in [2.45, 2.75) is 33.2 Å². The number of nitrogens with one attached hydrogen (secondary N) is 1. The van der Waals surface area contributed by atoms with E-state index in [4.69, 9.17) is 4.74 Å². The topological polar surface area (TPSA) is 21.3 Å². The molecule has 0 saturated carbocycles. The number of ether oxygens (including phenoxy) is 1. The summed E-state index contributed by atoms with van der Waals surface area (Å²) in [5.74, 6) is 0.657. The summed E-state index contributed by atoms with van der Waals surface area (Å²) in [5, 5.41) is 3.46. The van der Waals surface area contributed by atoms with Crippen LogP contribution in [0.15, 0.2) is 11.6 Å². The van der Waals surface area contributed by atoms with Crippen molar-refractivity contribution in [2.75, 3.05) is 19.8 Å². The van der Waals surface area contributed by atoms with Gasteiger partial charge in [-0.1, -0.05) is 25.5 Å². The van der Waals surface area contributed by atoms with Crippen LogP contribution in [0.5, 0.6) is 0 Å². The molecule has 1 unspecified atom stereocenters. The Kier molecular flexibility index (Phi) is 4.46. The molecule has 0 amide bonds. The van der Waals surface area contributed by atoms with Gasteiger partial charge in [0.2, 0.25) is 0 Å². The highest BCUT2D eigenvalue weighted by Gasteiger charge is 2.12. The first-order chi connectivity index (χ1) is 6.18. The van der Waals surface area contributed by atoms with Gasteiger partial charge in [-0.25, -0.2) is 0 Å². The molecule has 1 saturated heterocycles. The fourth-order valence-electron chi connectivity index (χ4n) is 1.78. The van der Waals surface area contributed by atoms with Crippen molar-refractivity contribution < 1.29 is 4.74 Å². The highest BCUT2D eigenvalue weighted by Crippen LogP contribution is 2.10. The average molecular weight is 183 g/mol. The van der Waals surface area contributed by atoms with Crippen molar-refractivity contribution in [3.63, 3.8) is 0 Å². The number of hydrogen-bond donors (Lipinski definition) is 1. The van der Waals surface area contributed by atoms with Crippen molar-refractivity contribution in [1.82, 2.24) is 5.32 Å². The van der Waals surface area contributed by atoms with E-state index >= 15 is 0 Å². The monoisotopic (exact) mass is 183 g/mol. The molecule has 1 aliphatic rings. The molecule has 1 heterocycles. The standard InChI is InChI=1S/C11H21NO/c1-9(2)6-10(3)7-11-8-13-5-4-12-11/h6,9,11-12H,4-5,7-8H2,1-3H3/b10-6-. The van der Waals surface area contributed by atoms with E-state index in [9.17, 15) is 0 Å². The second-order valence-electron chi connectivity index (χ2n) is 4.19. The minimum atomic E-state index is 0.531. The Morgan fingerprint density at radius 2 is 2.38 bits per heavy atom. The Hall–Kier alpha value is -0.340. The Morgan fingerprint density at radius 3 is 2.92 bits per heavy atom. The summed E-state index contributed by atoms with van der Waals surface area (Å²) >= 11 is 0. The highest BCUT2D eigenvalue weighted by atomic mass is 16.5. The van der Waals surface area contributed by atoms with Crippen LogP contribution in [0, 0.1) is 5.92 Å². The predicted octanol–water partition coefficient (Wildman–Crippen LogP) is 1.97. The summed E-state index contributed by atoms with van der Waals surface area (Å²) in [5.41, 5.74) is 1.47. The van der Waals surface area contributed by atoms with Gasteiger partial charge < -0.3 is 10.1 Å². The maximum absolute atomic E-state index is 5.40. The van der Waals surface area contributed by atoms with Crippen LogP contribution in [-0.4, -0.2) is 25.8 Å². The van der Waals surface area contributed by atoms with Crippen LogP contribution in [0.3, 0.4) is 0 Å². The normalized spacial score (nSPS) is 25.2. The van der Waals surface area contributed by atoms with Crippen LogP contribution in [-0.2, 0) is 4.74 Å². The predicted molar refractivity (Wildman–Crippen MR) is 55.8 cm³/mol. The molecular weight excluding hydrogens is 162 g/mol. The zero-order valence-corrected chi connectivity index (χ0v) is 8.97. The molecule has 1 atom stereocenters. The first-order valence-electron chi connectivity index (χ1n) is 5.17. The van der Waals surface area contributed by atoms with Gasteiger partial charge >= 0.3 is 0 Å². The Labute approximate surface area is 81.4 Å². The van der Waals surface area contributed by atoms with Crippen LogP contribution in [0.4, 0.5) is 0 Å². The third kappa shape index (κ3) is 4.44. The molecule has 2 heteroatoms. The minimum absolute atomic E-state index is 0.531. The lowest BCUT2D eigenvalue weighted by atomic mass is 10.0. The van der Waals surface area contributed by atoms with Crippen molar-refractivity contribution >= 4 is 0 Å². The van der Waals surface area contributed by atoms with Gasteiger partial charge in [0.25, 0.3) is 0 Å². The highest BCUT2D eigenvalue weighted by molar-refractivity contribution is 5.02. The fraction of sp³-hybridized carbons (Fsp3) is 0.818. The average Bonchev–Trinajstić information content (AvgIpc) is 2.04. The van der Waals surface area contributed by atoms with E-state index in [0.29, 0.717) is 12.0 Å². The lowest BCUT2D eigenvalue weighted by molar-refractivity contribution is 0.0769. The van der Waals surface area contributed by atoms with Crippen LogP contribution >= 0.6 is 0 Å². The molecular formula is C11H21NO. The number of morpholine rings is 1. The molecule has 0 aromatic rings. The summed E-state index contributed by atoms with van der Waals surface area (Å²) in [7, 11) is 0. The molecule has 1 fully saturated rings. The van der Waals surface area contributed by atoms with Gasteiger partial charge in [0.05, 0.1) is 13.2 Å². The third-order valence-electron chi connectivity index (χ3n) is 2.18. The van der Waals surface area contributed by atoms with Crippen molar-refractivity contribution in [3.8, 4) is 0 Å². The molecule has 0 aliphatic carbocycles. The molecule has 1 rings (SSSR count). The van der Waals surface area contributed by atoms with E-state index in [1.807, 2.05) is 0 Å². The van der Waals surface area contributed by atoms with Gasteiger partial charge in [-0.05, 0) is 19.3 Å². The van der Waals surface area contributed by atoms with E-state index in [2.05, 4.69) is 32.2 Å². The van der Waals surface area contributed by atoms with E-state index in [1.165, 1.54) is 5.57 Å². The first-order valence-corrected chi connectivity index (χ1v) is 5.17. The maximum atomic E-state index is 5.40. The van der Waals surface area contributed by atoms with E-state index in [1.54, 1.807) is 0 Å². The molecule has 13 heavy (non-hydrogen) atoms. The first kappa shape index (κ1) is 10.7. The molecule has 2 nitrogen and oxygen atoms in total. The third-order valence-corrected chi connectivity index (χ3v) is 2.18. The van der Waals surface area contributed by atoms with Crippen molar-refractivity contribution in [3.05, 3.63) is 11.6 Å². The number of allylic oxidation sites excluding steroid dienone is 1. The summed E-state index contributed by atoms with van der Waals surface area (Å²) in [6.07, 6.45) is 3.45. The number of rotatable bonds is 3. The minimum Gasteiger partial charge on any atom is -0.379 e. The van der Waals surface area contributed by atoms with Gasteiger partial charge in [-0.15, -0.1) is 0 Å². The molecule has 0 spiro atoms. The van der Waals surface area contributed by atoms with E-state index < -0.39 is 0 Å². The zero-order chi connectivity index (χ0) is 9.68. The number of hydrogen-bond acceptors (Lipinski definition) is 2. The van der Waals surface area contributed by atoms with Crippen LogP contribution in [0.2, 0.25) is 0 Å². The van der Waals surface area contributed by atoms with Gasteiger partial charge in [-0.2, -0.15) is 0 Å². The molecule has 0 aromatic heterocycles. The lowest BCUT2D eigenvalue weighted by Gasteiger charge is -2.24. The smallest absolute Gasteiger partial charge is 0.0623 e. The molecule has 76 valence electrons. The summed E-state index contributed by atoms with van der Waals surface area (Å²) < 4.78 is 5.40. The summed E-state index contributed by atoms with van der Waals surface area (Å²) in [6.45, 7) is 9.37. The Morgan fingerprint density at radius 1 is 1.62 bits per heavy atom. The van der Waals surface area contributed by atoms with Gasteiger partial charge in [0, 0.05) is 12.6 Å². The van der Waals surface area contributed by atoms with Crippen LogP contribution in [0.25, 0.3) is 0 Å². The Bertz CT molecular complexity index is 169. The largest absolute Gasteiger partial charge is 0.379 e. The van der Waals surface area contributed by atoms with Crippen molar-refractivity contribution in [1.29, 1.82) is 0 Å². The molecule has 0 bridgehead atoms. The van der Waals surface area contributed by atoms with Crippen LogP contribution in [0.1, 0.15) is 27.2 Å². The van der Waals surface area contributed by atoms with E-state index in [0.717, 1.165) is 26.2 Å². The van der Waals surface area contributed by atoms with E-state index in [-0.39, 0.29) is 0 Å². The van der Waals surface area contributed by atoms with Crippen molar-refractivity contribution in [2.24, 2.45) is 5.92 Å². The lowest BCUT2D eigenvalue weighted by Crippen LogP contribution is -2.41. The molecule has 1 N–H and O–H groups in total. The SMILES string of the molecule is C/C(=C/C(C)C)CC1COCCN1. The van der Waals surface area contributed by atoms with Crippen LogP contribution < -0.4 is 5.32 Å². The molecule has 0 radical (unpaired) electrons.